The molecule has 6 nitrogen and oxygen atoms in total. The van der Waals surface area contributed by atoms with E-state index in [1.54, 1.807) is 24.1 Å². The van der Waals surface area contributed by atoms with Crippen LogP contribution in [0.2, 0.25) is 0 Å². The van der Waals surface area contributed by atoms with Crippen molar-refractivity contribution in [2.75, 3.05) is 14.2 Å². The molecular weight excluding hydrogens is 332 g/mol. The summed E-state index contributed by atoms with van der Waals surface area (Å²) in [7, 11) is 4.14. The van der Waals surface area contributed by atoms with Crippen LogP contribution < -0.4 is 0 Å². The van der Waals surface area contributed by atoms with Gasteiger partial charge in [0, 0.05) is 37.5 Å². The Balaban J connectivity index is 2.30. The summed E-state index contributed by atoms with van der Waals surface area (Å²) in [6, 6.07) is 1.28. The van der Waals surface area contributed by atoms with Crippen molar-refractivity contribution in [1.29, 1.82) is 0 Å². The fraction of sp³-hybridized carbons (Fsp3) is 0.235. The molecule has 0 saturated heterocycles. The van der Waals surface area contributed by atoms with E-state index in [4.69, 9.17) is 0 Å². The van der Waals surface area contributed by atoms with Gasteiger partial charge in [-0.3, -0.25) is 9.48 Å². The molecule has 0 spiro atoms. The Kier molecular flexibility index (Phi) is 5.63. The molecule has 0 aliphatic rings. The molecule has 1 amide bonds. The van der Waals surface area contributed by atoms with Crippen molar-refractivity contribution in [2.24, 2.45) is 7.05 Å². The summed E-state index contributed by atoms with van der Waals surface area (Å²) in [5.74, 6) is -3.00. The van der Waals surface area contributed by atoms with E-state index in [1.165, 1.54) is 19.2 Å². The Morgan fingerprint density at radius 3 is 2.68 bits per heavy atom. The number of nitrogens with zero attached hydrogens (tertiary/aromatic N) is 3. The third-order valence-electron chi connectivity index (χ3n) is 3.56. The monoisotopic (exact) mass is 349 g/mol. The van der Waals surface area contributed by atoms with Crippen molar-refractivity contribution in [3.8, 4) is 0 Å². The molecule has 0 saturated carbocycles. The van der Waals surface area contributed by atoms with Crippen LogP contribution in [-0.2, 0) is 21.4 Å². The molecule has 0 bridgehead atoms. The second-order valence-electron chi connectivity index (χ2n) is 5.32. The van der Waals surface area contributed by atoms with Gasteiger partial charge in [-0.1, -0.05) is 0 Å². The van der Waals surface area contributed by atoms with Crippen LogP contribution in [0.1, 0.15) is 17.2 Å². The number of halogens is 2. The maximum Gasteiger partial charge on any atom is 0.333 e. The van der Waals surface area contributed by atoms with Crippen molar-refractivity contribution < 1.29 is 23.1 Å². The van der Waals surface area contributed by atoms with E-state index in [0.29, 0.717) is 5.56 Å². The Morgan fingerprint density at radius 1 is 1.36 bits per heavy atom. The number of hydrogen-bond acceptors (Lipinski definition) is 4. The van der Waals surface area contributed by atoms with E-state index >= 15 is 0 Å². The molecule has 0 aliphatic heterocycles. The Morgan fingerprint density at radius 2 is 2.08 bits per heavy atom. The molecule has 8 heteroatoms. The summed E-state index contributed by atoms with van der Waals surface area (Å²) in [6.07, 6.45) is 5.95. The summed E-state index contributed by atoms with van der Waals surface area (Å²) in [4.78, 5) is 25.4. The lowest BCUT2D eigenvalue weighted by molar-refractivity contribution is -0.150. The molecule has 2 rings (SSSR count). The number of amides is 1. The van der Waals surface area contributed by atoms with Gasteiger partial charge in [0.15, 0.2) is 6.04 Å². The topological polar surface area (TPSA) is 64.4 Å². The van der Waals surface area contributed by atoms with Crippen LogP contribution in [0.4, 0.5) is 8.78 Å². The molecule has 1 aromatic carbocycles. The normalized spacial score (nSPS) is 12.2. The fourth-order valence-electron chi connectivity index (χ4n) is 2.27. The average Bonchev–Trinajstić information content (AvgIpc) is 3.01. The van der Waals surface area contributed by atoms with E-state index < -0.39 is 29.6 Å². The summed E-state index contributed by atoms with van der Waals surface area (Å²) in [5.41, 5.74) is 0.397. The zero-order valence-corrected chi connectivity index (χ0v) is 13.9. The van der Waals surface area contributed by atoms with Crippen LogP contribution >= 0.6 is 0 Å². The number of likely N-dealkylation sites (N-methyl/N-ethyl adjacent to an activating group) is 1. The lowest BCUT2D eigenvalue weighted by atomic mass is 10.0. The lowest BCUT2D eigenvalue weighted by Crippen LogP contribution is -2.36. The van der Waals surface area contributed by atoms with Crippen molar-refractivity contribution in [2.45, 2.75) is 6.04 Å². The Labute approximate surface area is 143 Å². The van der Waals surface area contributed by atoms with Gasteiger partial charge in [-0.05, 0) is 24.3 Å². The quantitative estimate of drug-likeness (QED) is 0.612. The van der Waals surface area contributed by atoms with Crippen LogP contribution in [0.25, 0.3) is 6.08 Å². The van der Waals surface area contributed by atoms with E-state index in [2.05, 4.69) is 9.84 Å². The van der Waals surface area contributed by atoms with E-state index in [0.717, 1.165) is 30.2 Å². The molecule has 0 aliphatic carbocycles. The largest absolute Gasteiger partial charge is 0.467 e. The maximum absolute atomic E-state index is 14.1. The third kappa shape index (κ3) is 4.28. The molecule has 0 N–H and O–H groups in total. The van der Waals surface area contributed by atoms with Crippen LogP contribution in [0.15, 0.2) is 36.7 Å². The number of aryl methyl sites for hydroxylation is 1. The number of benzene rings is 1. The smallest absolute Gasteiger partial charge is 0.333 e. The van der Waals surface area contributed by atoms with Gasteiger partial charge in [0.2, 0.25) is 5.91 Å². The van der Waals surface area contributed by atoms with Gasteiger partial charge in [-0.15, -0.1) is 0 Å². The first-order valence-electron chi connectivity index (χ1n) is 7.29. The highest BCUT2D eigenvalue weighted by Gasteiger charge is 2.31. The number of methoxy groups -OCH3 is 1. The Hall–Kier alpha value is -3.03. The highest BCUT2D eigenvalue weighted by Crippen LogP contribution is 2.25. The number of rotatable bonds is 5. The first-order valence-corrected chi connectivity index (χ1v) is 7.29. The summed E-state index contributed by atoms with van der Waals surface area (Å²) in [5, 5.41) is 3.96. The standard InChI is InChI=1S/C17H17F2N3O3/c1-21-10-11(9-20-21)4-7-15(23)22(2)16(17(24)25-3)13-8-12(18)5-6-14(13)19/h4-10,16H,1-3H3/b7-4+/t16-/m0/s1. The minimum atomic E-state index is -1.41. The molecule has 1 heterocycles. The highest BCUT2D eigenvalue weighted by molar-refractivity contribution is 5.94. The number of esters is 1. The van der Waals surface area contributed by atoms with E-state index in [9.17, 15) is 18.4 Å². The molecule has 1 atom stereocenters. The molecule has 0 unspecified atom stereocenters. The van der Waals surface area contributed by atoms with Gasteiger partial charge in [-0.2, -0.15) is 5.10 Å². The predicted octanol–water partition coefficient (Wildman–Crippen LogP) is 2.08. The summed E-state index contributed by atoms with van der Waals surface area (Å²) in [6.45, 7) is 0. The maximum atomic E-state index is 14.1. The van der Waals surface area contributed by atoms with Gasteiger partial charge < -0.3 is 9.64 Å². The average molecular weight is 349 g/mol. The van der Waals surface area contributed by atoms with Gasteiger partial charge in [0.25, 0.3) is 0 Å². The first-order chi connectivity index (χ1) is 11.8. The fourth-order valence-corrected chi connectivity index (χ4v) is 2.27. The zero-order chi connectivity index (χ0) is 18.6. The molecule has 0 fully saturated rings. The summed E-state index contributed by atoms with van der Waals surface area (Å²) >= 11 is 0. The predicted molar refractivity (Wildman–Crippen MR) is 86.1 cm³/mol. The number of carbonyl (C=O) groups excluding carboxylic acids is 2. The zero-order valence-electron chi connectivity index (χ0n) is 13.9. The van der Waals surface area contributed by atoms with Gasteiger partial charge in [-0.25, -0.2) is 13.6 Å². The summed E-state index contributed by atoms with van der Waals surface area (Å²) < 4.78 is 33.7. The van der Waals surface area contributed by atoms with Crippen molar-refractivity contribution >= 4 is 18.0 Å². The minimum Gasteiger partial charge on any atom is -0.467 e. The van der Waals surface area contributed by atoms with Gasteiger partial charge in [0.1, 0.15) is 11.6 Å². The number of hydrogen-bond donors (Lipinski definition) is 0. The highest BCUT2D eigenvalue weighted by atomic mass is 19.1. The number of ether oxygens (including phenoxy) is 1. The van der Waals surface area contributed by atoms with E-state index in [1.807, 2.05) is 0 Å². The van der Waals surface area contributed by atoms with E-state index in [-0.39, 0.29) is 5.56 Å². The van der Waals surface area contributed by atoms with Crippen molar-refractivity contribution in [1.82, 2.24) is 14.7 Å². The van der Waals surface area contributed by atoms with Crippen molar-refractivity contribution in [3.05, 3.63) is 59.4 Å². The third-order valence-corrected chi connectivity index (χ3v) is 3.56. The van der Waals surface area contributed by atoms with Crippen LogP contribution in [0, 0.1) is 11.6 Å². The van der Waals surface area contributed by atoms with Crippen LogP contribution in [-0.4, -0.2) is 40.7 Å². The van der Waals surface area contributed by atoms with Crippen molar-refractivity contribution in [3.63, 3.8) is 0 Å². The van der Waals surface area contributed by atoms with Gasteiger partial charge in [0.05, 0.1) is 13.3 Å². The first kappa shape index (κ1) is 18.3. The SMILES string of the molecule is COC(=O)[C@H](c1cc(F)ccc1F)N(C)C(=O)/C=C/c1cnn(C)c1. The second-order valence-corrected chi connectivity index (χ2v) is 5.32. The number of aromatic nitrogens is 2. The molecule has 132 valence electrons. The number of carbonyl (C=O) groups is 2. The lowest BCUT2D eigenvalue weighted by Gasteiger charge is -2.25. The Bertz CT molecular complexity index is 817. The minimum absolute atomic E-state index is 0.280. The molecule has 0 radical (unpaired) electrons. The molecule has 25 heavy (non-hydrogen) atoms. The molecule has 1 aromatic heterocycles. The van der Waals surface area contributed by atoms with Crippen LogP contribution in [0.3, 0.4) is 0 Å². The van der Waals surface area contributed by atoms with Crippen LogP contribution in [0.5, 0.6) is 0 Å². The van der Waals surface area contributed by atoms with Gasteiger partial charge >= 0.3 is 5.97 Å². The molecular formula is C17H17F2N3O3. The molecule has 2 aromatic rings. The second kappa shape index (κ2) is 7.69.